The monoisotopic (exact) mass is 353 g/mol. The Kier molecular flexibility index (Phi) is 5.43. The Morgan fingerprint density at radius 2 is 1.65 bits per heavy atom. The highest BCUT2D eigenvalue weighted by atomic mass is 16.6. The lowest BCUT2D eigenvalue weighted by atomic mass is 10.2. The van der Waals surface area contributed by atoms with Crippen molar-refractivity contribution < 1.29 is 23.4 Å². The van der Waals surface area contributed by atoms with E-state index in [4.69, 9.17) is 18.6 Å². The van der Waals surface area contributed by atoms with Gasteiger partial charge in [0.05, 0.1) is 14.2 Å². The molecule has 0 radical (unpaired) electrons. The minimum Gasteiger partial charge on any atom is -0.497 e. The van der Waals surface area contributed by atoms with E-state index in [1.165, 1.54) is 0 Å². The first kappa shape index (κ1) is 17.4. The molecule has 0 unspecified atom stereocenters. The van der Waals surface area contributed by atoms with Gasteiger partial charge in [0.25, 0.3) is 11.9 Å². The Hall–Kier alpha value is -3.41. The van der Waals surface area contributed by atoms with E-state index < -0.39 is 0 Å². The fraction of sp³-hybridized carbons (Fsp3) is 0.150. The SMILES string of the molecule is COc1ccc(CNC(=O)c2ccc(Oc3ccccc3OC)o2)cc1. The van der Waals surface area contributed by atoms with Crippen LogP contribution in [0.25, 0.3) is 0 Å². The molecule has 0 atom stereocenters. The quantitative estimate of drug-likeness (QED) is 0.695. The van der Waals surface area contributed by atoms with E-state index in [0.717, 1.165) is 11.3 Å². The topological polar surface area (TPSA) is 69.9 Å². The molecular formula is C20H19NO5. The van der Waals surface area contributed by atoms with Crippen LogP contribution in [0.5, 0.6) is 23.2 Å². The second kappa shape index (κ2) is 8.11. The summed E-state index contributed by atoms with van der Waals surface area (Å²) in [5, 5.41) is 2.80. The molecule has 0 aliphatic carbocycles. The molecule has 3 rings (SSSR count). The van der Waals surface area contributed by atoms with Gasteiger partial charge in [0, 0.05) is 12.6 Å². The largest absolute Gasteiger partial charge is 0.497 e. The standard InChI is InChI=1S/C20H19NO5/c1-23-15-9-7-14(8-10-15)13-21-20(22)18-11-12-19(26-18)25-17-6-4-3-5-16(17)24-2/h3-12H,13H2,1-2H3,(H,21,22). The summed E-state index contributed by atoms with van der Waals surface area (Å²) >= 11 is 0. The Labute approximate surface area is 151 Å². The van der Waals surface area contributed by atoms with Crippen molar-refractivity contribution in [3.8, 4) is 23.2 Å². The average Bonchev–Trinajstić information content (AvgIpc) is 3.15. The number of carbonyl (C=O) groups excluding carboxylic acids is 1. The van der Waals surface area contributed by atoms with Crippen molar-refractivity contribution in [2.24, 2.45) is 0 Å². The number of para-hydroxylation sites is 2. The number of benzene rings is 2. The Morgan fingerprint density at radius 1 is 0.923 bits per heavy atom. The van der Waals surface area contributed by atoms with Crippen molar-refractivity contribution in [1.82, 2.24) is 5.32 Å². The molecule has 1 heterocycles. The van der Waals surface area contributed by atoms with Gasteiger partial charge in [-0.25, -0.2) is 0 Å². The first-order chi connectivity index (χ1) is 12.7. The third kappa shape index (κ3) is 4.16. The molecule has 1 aromatic heterocycles. The number of ether oxygens (including phenoxy) is 3. The smallest absolute Gasteiger partial charge is 0.290 e. The maximum absolute atomic E-state index is 12.2. The zero-order chi connectivity index (χ0) is 18.4. The Morgan fingerprint density at radius 3 is 2.35 bits per heavy atom. The summed E-state index contributed by atoms with van der Waals surface area (Å²) in [7, 11) is 3.17. The first-order valence-corrected chi connectivity index (χ1v) is 8.01. The Bertz CT molecular complexity index is 870. The van der Waals surface area contributed by atoms with Crippen LogP contribution in [0.4, 0.5) is 0 Å². The highest BCUT2D eigenvalue weighted by Gasteiger charge is 2.13. The molecule has 0 fully saturated rings. The number of hydrogen-bond acceptors (Lipinski definition) is 5. The predicted octanol–water partition coefficient (Wildman–Crippen LogP) is 4.02. The van der Waals surface area contributed by atoms with Crippen LogP contribution in [0.2, 0.25) is 0 Å². The molecule has 26 heavy (non-hydrogen) atoms. The molecule has 134 valence electrons. The molecule has 0 saturated heterocycles. The lowest BCUT2D eigenvalue weighted by molar-refractivity contribution is 0.0918. The van der Waals surface area contributed by atoms with E-state index in [1.54, 1.807) is 38.5 Å². The number of hydrogen-bond donors (Lipinski definition) is 1. The summed E-state index contributed by atoms with van der Waals surface area (Å²) in [6.07, 6.45) is 0. The molecule has 1 amide bonds. The fourth-order valence-corrected chi connectivity index (χ4v) is 2.32. The second-order valence-corrected chi connectivity index (χ2v) is 5.40. The minimum atomic E-state index is -0.323. The maximum atomic E-state index is 12.2. The van der Waals surface area contributed by atoms with Gasteiger partial charge in [0.2, 0.25) is 0 Å². The fourth-order valence-electron chi connectivity index (χ4n) is 2.32. The molecule has 6 heteroatoms. The number of rotatable bonds is 7. The highest BCUT2D eigenvalue weighted by Crippen LogP contribution is 2.31. The number of nitrogens with one attached hydrogen (secondary N) is 1. The number of furan rings is 1. The molecule has 0 spiro atoms. The molecule has 3 aromatic rings. The van der Waals surface area contributed by atoms with Crippen LogP contribution < -0.4 is 19.5 Å². The van der Waals surface area contributed by atoms with Crippen LogP contribution in [-0.4, -0.2) is 20.1 Å². The van der Waals surface area contributed by atoms with Gasteiger partial charge in [-0.3, -0.25) is 4.79 Å². The van der Waals surface area contributed by atoms with Crippen molar-refractivity contribution in [3.05, 3.63) is 72.0 Å². The normalized spacial score (nSPS) is 10.2. The van der Waals surface area contributed by atoms with Gasteiger partial charge in [-0.15, -0.1) is 0 Å². The molecule has 6 nitrogen and oxygen atoms in total. The van der Waals surface area contributed by atoms with Crippen molar-refractivity contribution in [3.63, 3.8) is 0 Å². The summed E-state index contributed by atoms with van der Waals surface area (Å²) in [5.74, 6) is 1.91. The third-order valence-corrected chi connectivity index (χ3v) is 3.70. The van der Waals surface area contributed by atoms with Gasteiger partial charge < -0.3 is 23.9 Å². The summed E-state index contributed by atoms with van der Waals surface area (Å²) in [5.41, 5.74) is 0.955. The Balaban J connectivity index is 1.60. The van der Waals surface area contributed by atoms with E-state index in [2.05, 4.69) is 5.32 Å². The van der Waals surface area contributed by atoms with Gasteiger partial charge in [-0.05, 0) is 35.9 Å². The molecule has 2 aromatic carbocycles. The van der Waals surface area contributed by atoms with Gasteiger partial charge in [-0.2, -0.15) is 0 Å². The van der Waals surface area contributed by atoms with E-state index in [0.29, 0.717) is 18.0 Å². The van der Waals surface area contributed by atoms with Crippen LogP contribution in [0.15, 0.2) is 65.1 Å². The molecule has 1 N–H and O–H groups in total. The maximum Gasteiger partial charge on any atom is 0.290 e. The van der Waals surface area contributed by atoms with Crippen molar-refractivity contribution in [1.29, 1.82) is 0 Å². The van der Waals surface area contributed by atoms with Crippen LogP contribution in [0, 0.1) is 0 Å². The summed E-state index contributed by atoms with van der Waals surface area (Å²) in [6.45, 7) is 0.381. The second-order valence-electron chi connectivity index (χ2n) is 5.40. The highest BCUT2D eigenvalue weighted by molar-refractivity contribution is 5.91. The third-order valence-electron chi connectivity index (χ3n) is 3.70. The molecule has 0 aliphatic heterocycles. The lowest BCUT2D eigenvalue weighted by Gasteiger charge is -2.07. The number of amides is 1. The molecular weight excluding hydrogens is 334 g/mol. The average molecular weight is 353 g/mol. The van der Waals surface area contributed by atoms with Crippen LogP contribution in [0.3, 0.4) is 0 Å². The van der Waals surface area contributed by atoms with Gasteiger partial charge in [0.15, 0.2) is 17.3 Å². The number of carbonyl (C=O) groups is 1. The van der Waals surface area contributed by atoms with Crippen molar-refractivity contribution in [2.45, 2.75) is 6.54 Å². The van der Waals surface area contributed by atoms with Crippen LogP contribution in [0.1, 0.15) is 16.1 Å². The first-order valence-electron chi connectivity index (χ1n) is 8.01. The van der Waals surface area contributed by atoms with Gasteiger partial charge >= 0.3 is 0 Å². The molecule has 0 bridgehead atoms. The predicted molar refractivity (Wildman–Crippen MR) is 95.9 cm³/mol. The van der Waals surface area contributed by atoms with Gasteiger partial charge in [-0.1, -0.05) is 24.3 Å². The number of methoxy groups -OCH3 is 2. The van der Waals surface area contributed by atoms with Gasteiger partial charge in [0.1, 0.15) is 5.75 Å². The van der Waals surface area contributed by atoms with Crippen molar-refractivity contribution in [2.75, 3.05) is 14.2 Å². The minimum absolute atomic E-state index is 0.170. The zero-order valence-corrected chi connectivity index (χ0v) is 14.5. The van der Waals surface area contributed by atoms with Crippen LogP contribution >= 0.6 is 0 Å². The molecule has 0 aliphatic rings. The van der Waals surface area contributed by atoms with E-state index >= 15 is 0 Å². The molecule has 0 saturated carbocycles. The summed E-state index contributed by atoms with van der Waals surface area (Å²) < 4.78 is 21.4. The van der Waals surface area contributed by atoms with Crippen LogP contribution in [-0.2, 0) is 6.54 Å². The lowest BCUT2D eigenvalue weighted by Crippen LogP contribution is -2.22. The van der Waals surface area contributed by atoms with E-state index in [-0.39, 0.29) is 17.6 Å². The van der Waals surface area contributed by atoms with E-state index in [9.17, 15) is 4.79 Å². The summed E-state index contributed by atoms with van der Waals surface area (Å²) in [6, 6.07) is 17.8. The zero-order valence-electron chi connectivity index (χ0n) is 14.5. The van der Waals surface area contributed by atoms with Crippen molar-refractivity contribution >= 4 is 5.91 Å². The van der Waals surface area contributed by atoms with E-state index in [1.807, 2.05) is 36.4 Å². The summed E-state index contributed by atoms with van der Waals surface area (Å²) in [4.78, 5) is 12.2.